The molecule has 0 spiro atoms. The van der Waals surface area contributed by atoms with Gasteiger partial charge in [-0.25, -0.2) is 0 Å². The minimum absolute atomic E-state index is 0.0247. The van der Waals surface area contributed by atoms with Gasteiger partial charge in [0.2, 0.25) is 0 Å². The Bertz CT molecular complexity index is 370. The van der Waals surface area contributed by atoms with Gasteiger partial charge in [0.1, 0.15) is 5.75 Å². The van der Waals surface area contributed by atoms with Crippen molar-refractivity contribution in [3.63, 3.8) is 0 Å². The molecule has 1 saturated heterocycles. The number of hydrogen-bond donors (Lipinski definition) is 2. The molecule has 1 aromatic rings. The van der Waals surface area contributed by atoms with Gasteiger partial charge in [0.25, 0.3) is 0 Å². The van der Waals surface area contributed by atoms with Gasteiger partial charge in [0.05, 0.1) is 12.0 Å². The Balaban J connectivity index is 2.31. The van der Waals surface area contributed by atoms with E-state index in [0.29, 0.717) is 5.75 Å². The van der Waals surface area contributed by atoms with Gasteiger partial charge in [0, 0.05) is 19.0 Å². The molecule has 1 aromatic carbocycles. The van der Waals surface area contributed by atoms with E-state index in [9.17, 15) is 5.11 Å². The molecule has 1 aliphatic heterocycles. The molecular formula is C11H12N2O. The van der Waals surface area contributed by atoms with Crippen LogP contribution >= 0.6 is 0 Å². The highest BCUT2D eigenvalue weighted by Crippen LogP contribution is 2.32. The monoisotopic (exact) mass is 188 g/mol. The maximum absolute atomic E-state index is 9.65. The molecule has 2 rings (SSSR count). The zero-order valence-electron chi connectivity index (χ0n) is 7.77. The van der Waals surface area contributed by atoms with Crippen LogP contribution < -0.4 is 5.32 Å². The summed E-state index contributed by atoms with van der Waals surface area (Å²) < 4.78 is 0. The minimum Gasteiger partial charge on any atom is -0.508 e. The quantitative estimate of drug-likeness (QED) is 0.696. The summed E-state index contributed by atoms with van der Waals surface area (Å²) in [5.74, 6) is 0.394. The van der Waals surface area contributed by atoms with Crippen molar-refractivity contribution in [3.8, 4) is 11.8 Å². The maximum Gasteiger partial charge on any atom is 0.119 e. The Morgan fingerprint density at radius 3 is 2.86 bits per heavy atom. The zero-order valence-corrected chi connectivity index (χ0v) is 7.77. The predicted octanol–water partition coefficient (Wildman–Crippen LogP) is 1.22. The van der Waals surface area contributed by atoms with Crippen molar-refractivity contribution in [1.29, 1.82) is 5.26 Å². The highest BCUT2D eigenvalue weighted by Gasteiger charge is 2.29. The van der Waals surface area contributed by atoms with Crippen molar-refractivity contribution in [2.45, 2.75) is 5.92 Å². The molecule has 1 fully saturated rings. The van der Waals surface area contributed by atoms with Gasteiger partial charge < -0.3 is 10.4 Å². The lowest BCUT2D eigenvalue weighted by atomic mass is 9.89. The van der Waals surface area contributed by atoms with Gasteiger partial charge in [-0.05, 0) is 11.6 Å². The van der Waals surface area contributed by atoms with Gasteiger partial charge in [-0.15, -0.1) is 0 Å². The molecule has 72 valence electrons. The molecule has 0 amide bonds. The van der Waals surface area contributed by atoms with Gasteiger partial charge in [-0.2, -0.15) is 5.26 Å². The van der Waals surface area contributed by atoms with E-state index in [0.717, 1.165) is 18.7 Å². The number of para-hydroxylation sites is 1. The summed E-state index contributed by atoms with van der Waals surface area (Å²) >= 11 is 0. The number of hydrogen-bond acceptors (Lipinski definition) is 3. The zero-order chi connectivity index (χ0) is 9.97. The summed E-state index contributed by atoms with van der Waals surface area (Å²) in [7, 11) is 0. The molecule has 0 aromatic heterocycles. The van der Waals surface area contributed by atoms with Crippen LogP contribution in [0.2, 0.25) is 0 Å². The third-order valence-corrected chi connectivity index (χ3v) is 2.72. The van der Waals surface area contributed by atoms with Crippen LogP contribution in [0.5, 0.6) is 5.75 Å². The molecule has 3 nitrogen and oxygen atoms in total. The molecule has 0 radical (unpaired) electrons. The standard InChI is InChI=1S/C11H12N2O/c12-5-8-6-13-7-10(8)9-3-1-2-4-11(9)14/h1-4,8,10,13-14H,6-7H2. The summed E-state index contributed by atoms with van der Waals surface area (Å²) in [6, 6.07) is 9.51. The van der Waals surface area contributed by atoms with Crippen LogP contribution in [-0.4, -0.2) is 18.2 Å². The Labute approximate surface area is 83.0 Å². The first-order chi connectivity index (χ1) is 6.83. The second kappa shape index (κ2) is 3.69. The Kier molecular flexibility index (Phi) is 2.38. The molecule has 3 heteroatoms. The largest absolute Gasteiger partial charge is 0.508 e. The van der Waals surface area contributed by atoms with Crippen molar-refractivity contribution in [2.75, 3.05) is 13.1 Å². The number of nitriles is 1. The van der Waals surface area contributed by atoms with E-state index in [2.05, 4.69) is 11.4 Å². The van der Waals surface area contributed by atoms with Crippen LogP contribution in [0.25, 0.3) is 0 Å². The van der Waals surface area contributed by atoms with Gasteiger partial charge in [0.15, 0.2) is 0 Å². The van der Waals surface area contributed by atoms with Crippen molar-refractivity contribution < 1.29 is 5.11 Å². The van der Waals surface area contributed by atoms with Crippen LogP contribution in [0, 0.1) is 17.2 Å². The second-order valence-corrected chi connectivity index (χ2v) is 3.56. The van der Waals surface area contributed by atoms with Crippen LogP contribution in [0.1, 0.15) is 11.5 Å². The molecule has 2 atom stereocenters. The lowest BCUT2D eigenvalue weighted by Crippen LogP contribution is -2.08. The molecule has 1 aliphatic rings. The van der Waals surface area contributed by atoms with Crippen LogP contribution in [-0.2, 0) is 0 Å². The average molecular weight is 188 g/mol. The number of aromatic hydroxyl groups is 1. The van der Waals surface area contributed by atoms with E-state index >= 15 is 0 Å². The topological polar surface area (TPSA) is 56.0 Å². The first kappa shape index (κ1) is 9.04. The van der Waals surface area contributed by atoms with Gasteiger partial charge in [-0.1, -0.05) is 18.2 Å². The first-order valence-electron chi connectivity index (χ1n) is 4.71. The Hall–Kier alpha value is -1.53. The maximum atomic E-state index is 9.65. The van der Waals surface area contributed by atoms with E-state index in [4.69, 9.17) is 5.26 Å². The van der Waals surface area contributed by atoms with E-state index in [1.54, 1.807) is 12.1 Å². The predicted molar refractivity (Wildman–Crippen MR) is 52.8 cm³/mol. The van der Waals surface area contributed by atoms with E-state index in [1.165, 1.54) is 0 Å². The minimum atomic E-state index is -0.0247. The van der Waals surface area contributed by atoms with Crippen molar-refractivity contribution >= 4 is 0 Å². The highest BCUT2D eigenvalue weighted by atomic mass is 16.3. The third kappa shape index (κ3) is 1.45. The normalized spacial score (nSPS) is 25.9. The van der Waals surface area contributed by atoms with Crippen molar-refractivity contribution in [2.24, 2.45) is 5.92 Å². The molecule has 1 heterocycles. The number of nitrogens with zero attached hydrogens (tertiary/aromatic N) is 1. The first-order valence-corrected chi connectivity index (χ1v) is 4.71. The fourth-order valence-corrected chi connectivity index (χ4v) is 1.94. The van der Waals surface area contributed by atoms with Crippen molar-refractivity contribution in [1.82, 2.24) is 5.32 Å². The third-order valence-electron chi connectivity index (χ3n) is 2.72. The van der Waals surface area contributed by atoms with E-state index in [1.807, 2.05) is 12.1 Å². The smallest absolute Gasteiger partial charge is 0.119 e. The fourth-order valence-electron chi connectivity index (χ4n) is 1.94. The summed E-state index contributed by atoms with van der Waals surface area (Å²) in [6.07, 6.45) is 0. The summed E-state index contributed by atoms with van der Waals surface area (Å²) in [6.45, 7) is 1.49. The fraction of sp³-hybridized carbons (Fsp3) is 0.364. The number of rotatable bonds is 1. The average Bonchev–Trinajstić information content (AvgIpc) is 2.66. The van der Waals surface area contributed by atoms with Crippen molar-refractivity contribution in [3.05, 3.63) is 29.8 Å². The van der Waals surface area contributed by atoms with E-state index in [-0.39, 0.29) is 11.8 Å². The summed E-state index contributed by atoms with van der Waals surface area (Å²) in [5, 5.41) is 21.7. The summed E-state index contributed by atoms with van der Waals surface area (Å²) in [4.78, 5) is 0. The van der Waals surface area contributed by atoms with Crippen LogP contribution in [0.3, 0.4) is 0 Å². The number of nitrogens with one attached hydrogen (secondary N) is 1. The SMILES string of the molecule is N#CC1CNCC1c1ccccc1O. The summed E-state index contributed by atoms with van der Waals surface area (Å²) in [5.41, 5.74) is 0.879. The second-order valence-electron chi connectivity index (χ2n) is 3.56. The Morgan fingerprint density at radius 2 is 2.14 bits per heavy atom. The Morgan fingerprint density at radius 1 is 1.36 bits per heavy atom. The lowest BCUT2D eigenvalue weighted by Gasteiger charge is -2.13. The molecule has 0 saturated carbocycles. The molecule has 0 bridgehead atoms. The van der Waals surface area contributed by atoms with Crippen LogP contribution in [0.4, 0.5) is 0 Å². The van der Waals surface area contributed by atoms with Crippen LogP contribution in [0.15, 0.2) is 24.3 Å². The molecule has 2 N–H and O–H groups in total. The number of phenolic OH excluding ortho intramolecular Hbond substituents is 1. The molecular weight excluding hydrogens is 176 g/mol. The highest BCUT2D eigenvalue weighted by molar-refractivity contribution is 5.37. The molecule has 2 unspecified atom stereocenters. The van der Waals surface area contributed by atoms with Gasteiger partial charge >= 0.3 is 0 Å². The number of benzene rings is 1. The van der Waals surface area contributed by atoms with E-state index < -0.39 is 0 Å². The number of phenols is 1. The van der Waals surface area contributed by atoms with Gasteiger partial charge in [-0.3, -0.25) is 0 Å². The molecule has 0 aliphatic carbocycles. The molecule has 14 heavy (non-hydrogen) atoms. The lowest BCUT2D eigenvalue weighted by molar-refractivity contribution is 0.458.